The van der Waals surface area contributed by atoms with Crippen LogP contribution in [0, 0.1) is 0 Å². The lowest BCUT2D eigenvalue weighted by atomic mass is 10.3. The summed E-state index contributed by atoms with van der Waals surface area (Å²) in [6.07, 6.45) is 0. The smallest absolute Gasteiger partial charge is 0.222 e. The molecule has 0 amide bonds. The van der Waals surface area contributed by atoms with Crippen molar-refractivity contribution >= 4 is 22.3 Å². The Hall–Kier alpha value is -1.72. The number of rotatable bonds is 3. The van der Waals surface area contributed by atoms with E-state index in [-0.39, 0.29) is 0 Å². The van der Waals surface area contributed by atoms with E-state index in [1.54, 1.807) is 18.2 Å². The van der Waals surface area contributed by atoms with Crippen LogP contribution in [0.3, 0.4) is 0 Å². The molecular formula is C6H6N4O2S. The molecule has 0 spiro atoms. The van der Waals surface area contributed by atoms with Crippen molar-refractivity contribution in [3.63, 3.8) is 0 Å². The van der Waals surface area contributed by atoms with E-state index in [4.69, 9.17) is 5.53 Å². The molecule has 0 aliphatic heterocycles. The maximum Gasteiger partial charge on any atom is 0.222 e. The third-order valence-corrected chi connectivity index (χ3v) is 1.67. The molecule has 0 heterocycles. The summed E-state index contributed by atoms with van der Waals surface area (Å²) in [5.74, 6) is 0. The van der Waals surface area contributed by atoms with Crippen LogP contribution in [0.5, 0.6) is 0 Å². The maximum atomic E-state index is 10.3. The highest BCUT2D eigenvalue weighted by Crippen LogP contribution is 2.17. The number of nitrogens with one attached hydrogen (secondary N) is 1. The van der Waals surface area contributed by atoms with Gasteiger partial charge in [0, 0.05) is 16.3 Å². The summed E-state index contributed by atoms with van der Waals surface area (Å²) in [5, 5.41) is 3.32. The Balaban J connectivity index is 2.97. The second-order valence-electron chi connectivity index (χ2n) is 2.11. The minimum atomic E-state index is -2.68. The fourth-order valence-electron chi connectivity index (χ4n) is 0.795. The van der Waals surface area contributed by atoms with Crippen molar-refractivity contribution in [2.45, 2.75) is 0 Å². The fraction of sp³-hybridized carbons (Fsp3) is 0. The highest BCUT2D eigenvalue weighted by molar-refractivity contribution is 7.73. The average molecular weight is 198 g/mol. The molecule has 13 heavy (non-hydrogen) atoms. The highest BCUT2D eigenvalue weighted by Gasteiger charge is 1.92. The molecule has 1 rings (SSSR count). The third kappa shape index (κ3) is 3.02. The van der Waals surface area contributed by atoms with Crippen molar-refractivity contribution < 1.29 is 8.42 Å². The first kappa shape index (κ1) is 9.37. The molecule has 68 valence electrons. The third-order valence-electron chi connectivity index (χ3n) is 1.23. The minimum Gasteiger partial charge on any atom is -0.286 e. The summed E-state index contributed by atoms with van der Waals surface area (Å²) < 4.78 is 22.7. The standard InChI is InChI=1S/C6H6N4O2S/c7-10-8-5-2-1-3-6(4-5)9-13(11)12/h1-4,13H,(H,9,11,12). The summed E-state index contributed by atoms with van der Waals surface area (Å²) in [6, 6.07) is 6.15. The van der Waals surface area contributed by atoms with Gasteiger partial charge in [-0.3, -0.25) is 4.72 Å². The Kier molecular flexibility index (Phi) is 3.13. The van der Waals surface area contributed by atoms with E-state index in [1.807, 2.05) is 0 Å². The van der Waals surface area contributed by atoms with E-state index in [0.29, 0.717) is 11.4 Å². The van der Waals surface area contributed by atoms with Gasteiger partial charge in [-0.05, 0) is 17.7 Å². The number of azide groups is 1. The minimum absolute atomic E-state index is 0.365. The van der Waals surface area contributed by atoms with Crippen LogP contribution in [0.2, 0.25) is 0 Å². The van der Waals surface area contributed by atoms with Gasteiger partial charge in [0.15, 0.2) is 0 Å². The molecule has 0 unspecified atom stereocenters. The zero-order chi connectivity index (χ0) is 9.68. The van der Waals surface area contributed by atoms with Gasteiger partial charge >= 0.3 is 0 Å². The molecule has 0 saturated heterocycles. The zero-order valence-electron chi connectivity index (χ0n) is 6.41. The van der Waals surface area contributed by atoms with Crippen LogP contribution in [0.15, 0.2) is 29.4 Å². The van der Waals surface area contributed by atoms with Crippen LogP contribution in [0.25, 0.3) is 10.4 Å². The molecule has 1 N–H and O–H groups in total. The first-order chi connectivity index (χ1) is 6.22. The number of nitrogens with zero attached hydrogens (tertiary/aromatic N) is 3. The van der Waals surface area contributed by atoms with Crippen molar-refractivity contribution in [3.8, 4) is 0 Å². The largest absolute Gasteiger partial charge is 0.286 e. The lowest BCUT2D eigenvalue weighted by Gasteiger charge is -1.97. The molecule has 0 fully saturated rings. The van der Waals surface area contributed by atoms with E-state index >= 15 is 0 Å². The van der Waals surface area contributed by atoms with Crippen LogP contribution in [0.4, 0.5) is 11.4 Å². The number of hydrogen-bond donors (Lipinski definition) is 2. The number of thiol groups is 1. The summed E-state index contributed by atoms with van der Waals surface area (Å²) >= 11 is 0. The molecule has 1 aromatic carbocycles. The van der Waals surface area contributed by atoms with E-state index in [0.717, 1.165) is 0 Å². The van der Waals surface area contributed by atoms with Gasteiger partial charge in [0.1, 0.15) is 0 Å². The van der Waals surface area contributed by atoms with Crippen LogP contribution in [-0.4, -0.2) is 8.42 Å². The van der Waals surface area contributed by atoms with Gasteiger partial charge in [0.2, 0.25) is 10.9 Å². The second kappa shape index (κ2) is 4.34. The molecule has 6 nitrogen and oxygen atoms in total. The molecule has 0 atom stereocenters. The Bertz CT molecular complexity index is 414. The van der Waals surface area contributed by atoms with Crippen LogP contribution in [0.1, 0.15) is 0 Å². The number of anilines is 1. The van der Waals surface area contributed by atoms with Crippen LogP contribution in [-0.2, 0) is 10.9 Å². The van der Waals surface area contributed by atoms with Crippen molar-refractivity contribution in [1.29, 1.82) is 0 Å². The highest BCUT2D eigenvalue weighted by atomic mass is 32.2. The molecule has 0 aliphatic carbocycles. The van der Waals surface area contributed by atoms with Gasteiger partial charge in [-0.25, -0.2) is 8.42 Å². The lowest BCUT2D eigenvalue weighted by Crippen LogP contribution is -1.93. The Morgan fingerprint density at radius 1 is 1.46 bits per heavy atom. The fourth-order valence-corrected chi connectivity index (χ4v) is 1.14. The summed E-state index contributed by atoms with van der Waals surface area (Å²) in [5.41, 5.74) is 8.85. The van der Waals surface area contributed by atoms with E-state index in [2.05, 4.69) is 14.7 Å². The Morgan fingerprint density at radius 3 is 2.85 bits per heavy atom. The number of hydrogen-bond acceptors (Lipinski definition) is 3. The van der Waals surface area contributed by atoms with Gasteiger partial charge in [-0.1, -0.05) is 17.2 Å². The van der Waals surface area contributed by atoms with Crippen molar-refractivity contribution in [2.24, 2.45) is 5.11 Å². The SMILES string of the molecule is [N-]=[N+]=Nc1cccc(N[SH](=O)=O)c1. The van der Waals surface area contributed by atoms with Gasteiger partial charge in [0.25, 0.3) is 0 Å². The predicted molar refractivity (Wildman–Crippen MR) is 49.2 cm³/mol. The Labute approximate surface area is 75.9 Å². The second-order valence-corrected chi connectivity index (χ2v) is 2.85. The van der Waals surface area contributed by atoms with Gasteiger partial charge in [0.05, 0.1) is 0 Å². The van der Waals surface area contributed by atoms with E-state index in [1.165, 1.54) is 6.07 Å². The molecule has 0 saturated carbocycles. The first-order valence-corrected chi connectivity index (χ1v) is 4.46. The maximum absolute atomic E-state index is 10.3. The first-order valence-electron chi connectivity index (χ1n) is 3.28. The van der Waals surface area contributed by atoms with E-state index < -0.39 is 10.9 Å². The predicted octanol–water partition coefficient (Wildman–Crippen LogP) is 1.57. The summed E-state index contributed by atoms with van der Waals surface area (Å²) in [4.78, 5) is 2.57. The summed E-state index contributed by atoms with van der Waals surface area (Å²) in [6.45, 7) is 0. The Morgan fingerprint density at radius 2 is 2.23 bits per heavy atom. The molecule has 7 heteroatoms. The molecule has 0 bridgehead atoms. The van der Waals surface area contributed by atoms with Crippen LogP contribution < -0.4 is 4.72 Å². The van der Waals surface area contributed by atoms with Gasteiger partial charge < -0.3 is 0 Å². The topological polar surface area (TPSA) is 94.9 Å². The van der Waals surface area contributed by atoms with E-state index in [9.17, 15) is 8.42 Å². The van der Waals surface area contributed by atoms with Crippen molar-refractivity contribution in [2.75, 3.05) is 4.72 Å². The monoisotopic (exact) mass is 198 g/mol. The van der Waals surface area contributed by atoms with Gasteiger partial charge in [-0.15, -0.1) is 0 Å². The number of benzene rings is 1. The molecule has 1 aromatic rings. The molecule has 0 aromatic heterocycles. The van der Waals surface area contributed by atoms with Crippen molar-refractivity contribution in [3.05, 3.63) is 34.7 Å². The normalized spacial score (nSPS) is 9.31. The molecular weight excluding hydrogens is 192 g/mol. The quantitative estimate of drug-likeness (QED) is 0.333. The van der Waals surface area contributed by atoms with Crippen molar-refractivity contribution in [1.82, 2.24) is 0 Å². The molecule has 0 radical (unpaired) electrons. The summed E-state index contributed by atoms with van der Waals surface area (Å²) in [7, 11) is -2.68. The lowest BCUT2D eigenvalue weighted by molar-refractivity contribution is 0.619. The zero-order valence-corrected chi connectivity index (χ0v) is 7.31. The van der Waals surface area contributed by atoms with Crippen LogP contribution >= 0.6 is 0 Å². The van der Waals surface area contributed by atoms with Gasteiger partial charge in [-0.2, -0.15) is 0 Å². The average Bonchev–Trinajstić information content (AvgIpc) is 2.04. The molecule has 0 aliphatic rings.